The molecule has 1 amide bonds. The van der Waals surface area contributed by atoms with Crippen molar-refractivity contribution in [3.8, 4) is 0 Å². The minimum Gasteiger partial charge on any atom is -0.352 e. The Morgan fingerprint density at radius 1 is 1.32 bits per heavy atom. The van der Waals surface area contributed by atoms with E-state index in [-0.39, 0.29) is 18.3 Å². The summed E-state index contributed by atoms with van der Waals surface area (Å²) in [5.41, 5.74) is 3.04. The molecule has 0 aliphatic carbocycles. The maximum absolute atomic E-state index is 12.0. The molecular formula is C15H23ClN2O. The van der Waals surface area contributed by atoms with E-state index in [2.05, 4.69) is 16.7 Å². The van der Waals surface area contributed by atoms with Crippen molar-refractivity contribution in [2.45, 2.75) is 39.2 Å². The van der Waals surface area contributed by atoms with Crippen LogP contribution < -0.4 is 10.6 Å². The number of amides is 1. The molecule has 3 nitrogen and oxygen atoms in total. The first-order chi connectivity index (χ1) is 8.65. The van der Waals surface area contributed by atoms with Crippen molar-refractivity contribution < 1.29 is 4.79 Å². The Bertz CT molecular complexity index is 408. The number of carbonyl (C=O) groups excluding carboxylic acids is 1. The number of hydrogen-bond acceptors (Lipinski definition) is 2. The Morgan fingerprint density at radius 3 is 2.58 bits per heavy atom. The fraction of sp³-hybridized carbons (Fsp3) is 0.533. The van der Waals surface area contributed by atoms with Gasteiger partial charge in [-0.1, -0.05) is 17.2 Å². The number of hydrogen-bond donors (Lipinski definition) is 2. The van der Waals surface area contributed by atoms with E-state index in [0.29, 0.717) is 6.04 Å². The topological polar surface area (TPSA) is 41.1 Å². The maximum Gasteiger partial charge on any atom is 0.251 e. The van der Waals surface area contributed by atoms with E-state index in [1.165, 1.54) is 12.8 Å². The fourth-order valence-electron chi connectivity index (χ4n) is 2.57. The Labute approximate surface area is 121 Å². The number of rotatable bonds is 4. The molecule has 1 aliphatic heterocycles. The lowest BCUT2D eigenvalue weighted by atomic mass is 10.1. The molecule has 1 aliphatic rings. The first-order valence-electron chi connectivity index (χ1n) is 6.75. The summed E-state index contributed by atoms with van der Waals surface area (Å²) in [5.74, 6) is 0.0415. The van der Waals surface area contributed by atoms with Crippen LogP contribution in [0.15, 0.2) is 18.2 Å². The van der Waals surface area contributed by atoms with Gasteiger partial charge in [0.1, 0.15) is 0 Å². The van der Waals surface area contributed by atoms with Gasteiger partial charge in [-0.3, -0.25) is 4.79 Å². The molecule has 0 aromatic heterocycles. The van der Waals surface area contributed by atoms with Gasteiger partial charge in [0, 0.05) is 18.2 Å². The number of benzene rings is 1. The predicted molar refractivity (Wildman–Crippen MR) is 81.1 cm³/mol. The highest BCUT2D eigenvalue weighted by Crippen LogP contribution is 2.10. The van der Waals surface area contributed by atoms with Crippen LogP contribution in [0.5, 0.6) is 0 Å². The second-order valence-electron chi connectivity index (χ2n) is 5.21. The summed E-state index contributed by atoms with van der Waals surface area (Å²) in [7, 11) is 0. The van der Waals surface area contributed by atoms with Crippen molar-refractivity contribution in [3.63, 3.8) is 0 Å². The van der Waals surface area contributed by atoms with Crippen LogP contribution in [0.4, 0.5) is 0 Å². The van der Waals surface area contributed by atoms with Gasteiger partial charge in [0.2, 0.25) is 0 Å². The molecule has 0 saturated carbocycles. The van der Waals surface area contributed by atoms with Crippen LogP contribution in [0.2, 0.25) is 0 Å². The zero-order valence-electron chi connectivity index (χ0n) is 11.7. The van der Waals surface area contributed by atoms with Gasteiger partial charge in [0.15, 0.2) is 0 Å². The van der Waals surface area contributed by atoms with E-state index >= 15 is 0 Å². The highest BCUT2D eigenvalue weighted by molar-refractivity contribution is 5.94. The van der Waals surface area contributed by atoms with Crippen molar-refractivity contribution in [2.24, 2.45) is 0 Å². The number of nitrogens with one attached hydrogen (secondary N) is 2. The van der Waals surface area contributed by atoms with E-state index in [1.807, 2.05) is 26.0 Å². The van der Waals surface area contributed by atoms with Crippen LogP contribution in [0.25, 0.3) is 0 Å². The lowest BCUT2D eigenvalue weighted by molar-refractivity contribution is 0.0952. The van der Waals surface area contributed by atoms with E-state index in [1.54, 1.807) is 0 Å². The largest absolute Gasteiger partial charge is 0.352 e. The molecule has 0 radical (unpaired) electrons. The third-order valence-corrected chi connectivity index (χ3v) is 3.42. The SMILES string of the molecule is Cc1cc(C)cc(C(=O)NCC[C@H]2CCCN2)c1.Cl. The van der Waals surface area contributed by atoms with Gasteiger partial charge >= 0.3 is 0 Å². The minimum atomic E-state index is 0. The molecule has 1 saturated heterocycles. The summed E-state index contributed by atoms with van der Waals surface area (Å²) >= 11 is 0. The molecule has 1 atom stereocenters. The molecule has 0 unspecified atom stereocenters. The molecular weight excluding hydrogens is 260 g/mol. The average Bonchev–Trinajstić information content (AvgIpc) is 2.80. The lowest BCUT2D eigenvalue weighted by Crippen LogP contribution is -2.30. The zero-order valence-corrected chi connectivity index (χ0v) is 12.5. The van der Waals surface area contributed by atoms with Gasteiger partial charge in [0.05, 0.1) is 0 Å². The van der Waals surface area contributed by atoms with Crippen LogP contribution in [-0.4, -0.2) is 25.0 Å². The van der Waals surface area contributed by atoms with Crippen molar-refractivity contribution in [3.05, 3.63) is 34.9 Å². The average molecular weight is 283 g/mol. The molecule has 0 spiro atoms. The first-order valence-corrected chi connectivity index (χ1v) is 6.75. The molecule has 1 aromatic rings. The first kappa shape index (κ1) is 16.0. The Hall–Kier alpha value is -1.06. The van der Waals surface area contributed by atoms with E-state index < -0.39 is 0 Å². The van der Waals surface area contributed by atoms with E-state index in [9.17, 15) is 4.79 Å². The summed E-state index contributed by atoms with van der Waals surface area (Å²) in [5, 5.41) is 6.44. The third-order valence-electron chi connectivity index (χ3n) is 3.42. The highest BCUT2D eigenvalue weighted by Gasteiger charge is 2.14. The maximum atomic E-state index is 12.0. The van der Waals surface area contributed by atoms with Crippen LogP contribution in [0, 0.1) is 13.8 Å². The minimum absolute atomic E-state index is 0. The van der Waals surface area contributed by atoms with Gasteiger partial charge in [-0.25, -0.2) is 0 Å². The zero-order chi connectivity index (χ0) is 13.0. The van der Waals surface area contributed by atoms with E-state index in [4.69, 9.17) is 0 Å². The summed E-state index contributed by atoms with van der Waals surface area (Å²) in [6, 6.07) is 6.55. The smallest absolute Gasteiger partial charge is 0.251 e. The standard InChI is InChI=1S/C15H22N2O.ClH/c1-11-8-12(2)10-13(9-11)15(18)17-7-5-14-4-3-6-16-14;/h8-10,14,16H,3-7H2,1-2H3,(H,17,18);1H/t14-;/m1./s1. The molecule has 106 valence electrons. The van der Waals surface area contributed by atoms with Crippen LogP contribution in [0.3, 0.4) is 0 Å². The Kier molecular flexibility index (Phi) is 6.32. The fourth-order valence-corrected chi connectivity index (χ4v) is 2.57. The van der Waals surface area contributed by atoms with Gasteiger partial charge in [-0.2, -0.15) is 0 Å². The quantitative estimate of drug-likeness (QED) is 0.891. The highest BCUT2D eigenvalue weighted by atomic mass is 35.5. The molecule has 2 rings (SSSR count). The van der Waals surface area contributed by atoms with E-state index in [0.717, 1.165) is 36.2 Å². The molecule has 1 heterocycles. The van der Waals surface area contributed by atoms with Crippen LogP contribution in [0.1, 0.15) is 40.7 Å². The number of carbonyl (C=O) groups is 1. The molecule has 1 fully saturated rings. The molecule has 2 N–H and O–H groups in total. The molecule has 19 heavy (non-hydrogen) atoms. The number of halogens is 1. The van der Waals surface area contributed by atoms with Gasteiger partial charge in [-0.15, -0.1) is 12.4 Å². The predicted octanol–water partition coefficient (Wildman–Crippen LogP) is 2.60. The summed E-state index contributed by atoms with van der Waals surface area (Å²) < 4.78 is 0. The van der Waals surface area contributed by atoms with Gasteiger partial charge in [-0.05, 0) is 51.8 Å². The monoisotopic (exact) mass is 282 g/mol. The Morgan fingerprint density at radius 2 is 2.00 bits per heavy atom. The molecule has 4 heteroatoms. The lowest BCUT2D eigenvalue weighted by Gasteiger charge is -2.11. The van der Waals surface area contributed by atoms with Crippen molar-refractivity contribution >= 4 is 18.3 Å². The van der Waals surface area contributed by atoms with Crippen molar-refractivity contribution in [2.75, 3.05) is 13.1 Å². The van der Waals surface area contributed by atoms with Crippen LogP contribution >= 0.6 is 12.4 Å². The second-order valence-corrected chi connectivity index (χ2v) is 5.21. The number of aryl methyl sites for hydroxylation is 2. The van der Waals surface area contributed by atoms with Gasteiger partial charge < -0.3 is 10.6 Å². The van der Waals surface area contributed by atoms with Crippen molar-refractivity contribution in [1.82, 2.24) is 10.6 Å². The summed E-state index contributed by atoms with van der Waals surface area (Å²) in [6.45, 7) is 5.91. The third kappa shape index (κ3) is 4.84. The van der Waals surface area contributed by atoms with Gasteiger partial charge in [0.25, 0.3) is 5.91 Å². The summed E-state index contributed by atoms with van der Waals surface area (Å²) in [6.07, 6.45) is 3.52. The molecule has 1 aromatic carbocycles. The normalized spacial score (nSPS) is 17.9. The molecule has 0 bridgehead atoms. The van der Waals surface area contributed by atoms with Crippen molar-refractivity contribution in [1.29, 1.82) is 0 Å². The van der Waals surface area contributed by atoms with Crippen LogP contribution in [-0.2, 0) is 0 Å². The second kappa shape index (κ2) is 7.51. The summed E-state index contributed by atoms with van der Waals surface area (Å²) in [4.78, 5) is 12.0. The Balaban J connectivity index is 0.00000180.